The minimum atomic E-state index is -1.03. The lowest BCUT2D eigenvalue weighted by Gasteiger charge is -2.40. The second kappa shape index (κ2) is 12.3. The maximum atomic E-state index is 13.1. The number of carbonyl (C=O) groups is 2. The van der Waals surface area contributed by atoms with E-state index in [2.05, 4.69) is 5.32 Å². The minimum Gasteiger partial charge on any atom is -0.467 e. The molecule has 0 spiro atoms. The van der Waals surface area contributed by atoms with Crippen LogP contribution in [-0.2, 0) is 48.4 Å². The van der Waals surface area contributed by atoms with Crippen molar-refractivity contribution in [2.75, 3.05) is 7.11 Å². The molecule has 0 radical (unpaired) electrons. The number of methoxy groups -OCH3 is 1. The zero-order chi connectivity index (χ0) is 24.5. The fourth-order valence-corrected chi connectivity index (χ4v) is 3.99. The van der Waals surface area contributed by atoms with Gasteiger partial charge < -0.3 is 24.3 Å². The van der Waals surface area contributed by atoms with Gasteiger partial charge in [-0.2, -0.15) is 0 Å². The molecule has 3 aromatic rings. The molecule has 35 heavy (non-hydrogen) atoms. The first-order chi connectivity index (χ1) is 17.2. The maximum absolute atomic E-state index is 13.1. The van der Waals surface area contributed by atoms with Gasteiger partial charge in [-0.3, -0.25) is 4.79 Å². The van der Waals surface area contributed by atoms with Gasteiger partial charge in [-0.25, -0.2) is 4.79 Å². The number of esters is 1. The molecule has 0 aliphatic carbocycles. The van der Waals surface area contributed by atoms with E-state index < -0.39 is 36.2 Å². The van der Waals surface area contributed by atoms with Gasteiger partial charge in [0.05, 0.1) is 26.9 Å². The van der Waals surface area contributed by atoms with Gasteiger partial charge in [-0.15, -0.1) is 0 Å². The van der Waals surface area contributed by atoms with E-state index in [4.69, 9.17) is 18.9 Å². The summed E-state index contributed by atoms with van der Waals surface area (Å²) in [7, 11) is 1.28. The number of carbonyl (C=O) groups excluding carboxylic acids is 2. The van der Waals surface area contributed by atoms with E-state index in [9.17, 15) is 9.59 Å². The zero-order valence-electron chi connectivity index (χ0n) is 19.5. The summed E-state index contributed by atoms with van der Waals surface area (Å²) in [6.45, 7) is 0.660. The van der Waals surface area contributed by atoms with Crippen molar-refractivity contribution in [3.8, 4) is 0 Å². The fraction of sp³-hybridized carbons (Fsp3) is 0.286. The third-order valence-electron chi connectivity index (χ3n) is 5.80. The summed E-state index contributed by atoms with van der Waals surface area (Å²) >= 11 is 0. The molecular formula is C28H29NO6. The number of rotatable bonds is 10. The van der Waals surface area contributed by atoms with Gasteiger partial charge in [0.1, 0.15) is 12.2 Å². The molecule has 1 N–H and O–H groups in total. The molecule has 0 aromatic heterocycles. The van der Waals surface area contributed by atoms with Gasteiger partial charge in [-0.1, -0.05) is 91.0 Å². The van der Waals surface area contributed by atoms with Crippen LogP contribution in [0.5, 0.6) is 0 Å². The first-order valence-electron chi connectivity index (χ1n) is 11.5. The molecule has 182 valence electrons. The molecule has 0 unspecified atom stereocenters. The Morgan fingerprint density at radius 1 is 0.686 bits per heavy atom. The van der Waals surface area contributed by atoms with Gasteiger partial charge in [0.15, 0.2) is 12.1 Å². The molecule has 3 aromatic carbocycles. The van der Waals surface area contributed by atoms with Crippen molar-refractivity contribution in [2.45, 2.75) is 44.2 Å². The predicted molar refractivity (Wildman–Crippen MR) is 129 cm³/mol. The summed E-state index contributed by atoms with van der Waals surface area (Å²) in [4.78, 5) is 25.7. The molecule has 4 rings (SSSR count). The van der Waals surface area contributed by atoms with E-state index in [0.29, 0.717) is 0 Å². The van der Waals surface area contributed by atoms with Crippen molar-refractivity contribution in [3.63, 3.8) is 0 Å². The lowest BCUT2D eigenvalue weighted by Crippen LogP contribution is -2.67. The van der Waals surface area contributed by atoms with Crippen LogP contribution in [0, 0.1) is 0 Å². The highest BCUT2D eigenvalue weighted by Crippen LogP contribution is 2.25. The molecular weight excluding hydrogens is 446 g/mol. The molecule has 0 bridgehead atoms. The van der Waals surface area contributed by atoms with Crippen LogP contribution in [0.3, 0.4) is 0 Å². The summed E-state index contributed by atoms with van der Waals surface area (Å²) in [6.07, 6.45) is -2.66. The van der Waals surface area contributed by atoms with Crippen LogP contribution in [-0.4, -0.2) is 43.3 Å². The molecule has 7 nitrogen and oxygen atoms in total. The van der Waals surface area contributed by atoms with E-state index in [1.54, 1.807) is 0 Å². The van der Waals surface area contributed by atoms with Crippen molar-refractivity contribution in [2.24, 2.45) is 0 Å². The molecule has 0 saturated carbocycles. The Balaban J connectivity index is 1.59. The highest BCUT2D eigenvalue weighted by atomic mass is 16.6. The number of piperidine rings is 1. The number of hydrogen-bond donors (Lipinski definition) is 1. The average Bonchev–Trinajstić information content (AvgIpc) is 2.91. The third-order valence-corrected chi connectivity index (χ3v) is 5.80. The molecule has 7 heteroatoms. The monoisotopic (exact) mass is 475 g/mol. The highest BCUT2D eigenvalue weighted by Gasteiger charge is 2.50. The van der Waals surface area contributed by atoms with E-state index in [0.717, 1.165) is 16.7 Å². The second-order valence-electron chi connectivity index (χ2n) is 8.25. The summed E-state index contributed by atoms with van der Waals surface area (Å²) in [5, 5.41) is 2.72. The maximum Gasteiger partial charge on any atom is 0.331 e. The summed E-state index contributed by atoms with van der Waals surface area (Å²) in [5.74, 6) is -1.06. The molecule has 1 heterocycles. The Hall–Kier alpha value is -3.52. The fourth-order valence-electron chi connectivity index (χ4n) is 3.99. The van der Waals surface area contributed by atoms with Crippen LogP contribution in [0.4, 0.5) is 0 Å². The first kappa shape index (κ1) is 24.6. The smallest absolute Gasteiger partial charge is 0.331 e. The van der Waals surface area contributed by atoms with Crippen LogP contribution in [0.15, 0.2) is 91.0 Å². The SMILES string of the molecule is COC(=O)[C@H]1NC(=O)[C@H](OCc2ccccc2)[C@@H](OCc2ccccc2)[C@@H]1OCc1ccccc1. The Morgan fingerprint density at radius 2 is 1.11 bits per heavy atom. The van der Waals surface area contributed by atoms with Gasteiger partial charge in [-0.05, 0) is 16.7 Å². The predicted octanol–water partition coefficient (Wildman–Crippen LogP) is 3.41. The van der Waals surface area contributed by atoms with Gasteiger partial charge in [0.25, 0.3) is 5.91 Å². The zero-order valence-corrected chi connectivity index (χ0v) is 19.5. The highest BCUT2D eigenvalue weighted by molar-refractivity contribution is 5.89. The van der Waals surface area contributed by atoms with Crippen molar-refractivity contribution >= 4 is 11.9 Å². The van der Waals surface area contributed by atoms with Gasteiger partial charge in [0.2, 0.25) is 0 Å². The average molecular weight is 476 g/mol. The Labute approximate surface area is 205 Å². The van der Waals surface area contributed by atoms with Crippen molar-refractivity contribution in [1.29, 1.82) is 0 Å². The van der Waals surface area contributed by atoms with E-state index in [-0.39, 0.29) is 19.8 Å². The Kier molecular flexibility index (Phi) is 8.62. The largest absolute Gasteiger partial charge is 0.467 e. The Morgan fingerprint density at radius 3 is 1.57 bits per heavy atom. The number of benzene rings is 3. The standard InChI is InChI=1S/C28H29NO6/c1-32-28(31)23-24(33-17-20-11-5-2-6-12-20)25(34-18-21-13-7-3-8-14-21)26(27(30)29-23)35-19-22-15-9-4-10-16-22/h2-16,23-26H,17-19H2,1H3,(H,29,30)/t23-,24+,25-,26+/m0/s1. The lowest BCUT2D eigenvalue weighted by atomic mass is 9.94. The normalized spacial score (nSPS) is 21.8. The molecule has 1 aliphatic heterocycles. The summed E-state index contributed by atoms with van der Waals surface area (Å²) < 4.78 is 23.5. The van der Waals surface area contributed by atoms with Gasteiger partial charge >= 0.3 is 5.97 Å². The number of amides is 1. The first-order valence-corrected chi connectivity index (χ1v) is 11.5. The van der Waals surface area contributed by atoms with E-state index >= 15 is 0 Å². The summed E-state index contributed by atoms with van der Waals surface area (Å²) in [6, 6.07) is 27.7. The number of nitrogens with one attached hydrogen (secondary N) is 1. The van der Waals surface area contributed by atoms with Crippen LogP contribution >= 0.6 is 0 Å². The van der Waals surface area contributed by atoms with E-state index in [1.165, 1.54) is 7.11 Å². The molecule has 1 saturated heterocycles. The van der Waals surface area contributed by atoms with Crippen molar-refractivity contribution < 1.29 is 28.5 Å². The molecule has 1 amide bonds. The molecule has 4 atom stereocenters. The summed E-state index contributed by atoms with van der Waals surface area (Å²) in [5.41, 5.74) is 2.77. The topological polar surface area (TPSA) is 83.1 Å². The second-order valence-corrected chi connectivity index (χ2v) is 8.25. The van der Waals surface area contributed by atoms with E-state index in [1.807, 2.05) is 91.0 Å². The van der Waals surface area contributed by atoms with Crippen LogP contribution in [0.1, 0.15) is 16.7 Å². The third kappa shape index (κ3) is 6.54. The number of ether oxygens (including phenoxy) is 4. The lowest BCUT2D eigenvalue weighted by molar-refractivity contribution is -0.194. The minimum absolute atomic E-state index is 0.207. The number of hydrogen-bond acceptors (Lipinski definition) is 6. The van der Waals surface area contributed by atoms with Crippen LogP contribution < -0.4 is 5.32 Å². The van der Waals surface area contributed by atoms with Gasteiger partial charge in [0, 0.05) is 0 Å². The molecule has 1 fully saturated rings. The molecule has 1 aliphatic rings. The Bertz CT molecular complexity index is 1080. The van der Waals surface area contributed by atoms with Crippen molar-refractivity contribution in [3.05, 3.63) is 108 Å². The quantitative estimate of drug-likeness (QED) is 0.453. The van der Waals surface area contributed by atoms with Crippen LogP contribution in [0.25, 0.3) is 0 Å². The van der Waals surface area contributed by atoms with Crippen molar-refractivity contribution in [1.82, 2.24) is 5.32 Å². The van der Waals surface area contributed by atoms with Crippen LogP contribution in [0.2, 0.25) is 0 Å².